The van der Waals surface area contributed by atoms with Gasteiger partial charge in [-0.25, -0.2) is 4.98 Å². The van der Waals surface area contributed by atoms with E-state index in [-0.39, 0.29) is 12.1 Å². The number of piperidine rings is 1. The molecule has 2 aliphatic rings. The zero-order valence-corrected chi connectivity index (χ0v) is 17.2. The molecule has 4 rings (SSSR count). The van der Waals surface area contributed by atoms with E-state index in [9.17, 15) is 0 Å². The molecule has 2 aliphatic heterocycles. The lowest BCUT2D eigenvalue weighted by atomic mass is 9.92. The van der Waals surface area contributed by atoms with Gasteiger partial charge in [0.2, 0.25) is 0 Å². The van der Waals surface area contributed by atoms with E-state index in [1.807, 2.05) is 18.2 Å². The van der Waals surface area contributed by atoms with E-state index in [0.29, 0.717) is 11.9 Å². The lowest BCUT2D eigenvalue weighted by Gasteiger charge is -2.38. The third kappa shape index (κ3) is 4.40. The molecule has 7 heteroatoms. The Morgan fingerprint density at radius 3 is 2.71 bits per heavy atom. The molecule has 1 aromatic heterocycles. The SMILES string of the molecule is COc1nccc(N(C)CC2CCN(C(c3ccccc3Cl)C3CO3)CC2)n1. The Kier molecular flexibility index (Phi) is 5.99. The summed E-state index contributed by atoms with van der Waals surface area (Å²) < 4.78 is 10.8. The molecular weight excluding hydrogens is 376 g/mol. The van der Waals surface area contributed by atoms with Crippen LogP contribution in [0.2, 0.25) is 5.02 Å². The molecule has 2 atom stereocenters. The summed E-state index contributed by atoms with van der Waals surface area (Å²) in [4.78, 5) is 13.3. The summed E-state index contributed by atoms with van der Waals surface area (Å²) in [6.07, 6.45) is 4.32. The van der Waals surface area contributed by atoms with Gasteiger partial charge < -0.3 is 14.4 Å². The number of epoxide rings is 1. The van der Waals surface area contributed by atoms with Crippen molar-refractivity contribution in [3.63, 3.8) is 0 Å². The predicted molar refractivity (Wildman–Crippen MR) is 110 cm³/mol. The van der Waals surface area contributed by atoms with Gasteiger partial charge in [-0.2, -0.15) is 4.98 Å². The second-order valence-corrected chi connectivity index (χ2v) is 8.01. The van der Waals surface area contributed by atoms with Gasteiger partial charge in [0.1, 0.15) is 11.9 Å². The van der Waals surface area contributed by atoms with Crippen molar-refractivity contribution in [3.05, 3.63) is 47.1 Å². The van der Waals surface area contributed by atoms with Gasteiger partial charge in [-0.3, -0.25) is 4.90 Å². The van der Waals surface area contributed by atoms with E-state index in [2.05, 4.69) is 38.9 Å². The van der Waals surface area contributed by atoms with Crippen LogP contribution < -0.4 is 9.64 Å². The van der Waals surface area contributed by atoms with E-state index in [1.54, 1.807) is 13.3 Å². The van der Waals surface area contributed by atoms with Gasteiger partial charge in [-0.15, -0.1) is 0 Å². The van der Waals surface area contributed by atoms with Crippen LogP contribution in [0.5, 0.6) is 6.01 Å². The maximum absolute atomic E-state index is 6.49. The zero-order valence-electron chi connectivity index (χ0n) is 16.4. The molecule has 3 heterocycles. The first kappa shape index (κ1) is 19.4. The number of nitrogens with zero attached hydrogens (tertiary/aromatic N) is 4. The van der Waals surface area contributed by atoms with Crippen molar-refractivity contribution in [3.8, 4) is 6.01 Å². The summed E-state index contributed by atoms with van der Waals surface area (Å²) >= 11 is 6.49. The van der Waals surface area contributed by atoms with E-state index < -0.39 is 0 Å². The number of ether oxygens (including phenoxy) is 2. The average Bonchev–Trinajstić information content (AvgIpc) is 3.56. The fraction of sp³-hybridized carbons (Fsp3) is 0.524. The van der Waals surface area contributed by atoms with E-state index >= 15 is 0 Å². The predicted octanol–water partition coefficient (Wildman–Crippen LogP) is 3.43. The topological polar surface area (TPSA) is 54.0 Å². The molecule has 0 N–H and O–H groups in total. The fourth-order valence-corrected chi connectivity index (χ4v) is 4.37. The molecule has 2 aromatic rings. The first-order chi connectivity index (χ1) is 13.7. The Balaban J connectivity index is 1.36. The minimum absolute atomic E-state index is 0.263. The highest BCUT2D eigenvalue weighted by molar-refractivity contribution is 6.31. The highest BCUT2D eigenvalue weighted by Gasteiger charge is 2.40. The minimum atomic E-state index is 0.263. The quantitative estimate of drug-likeness (QED) is 0.661. The van der Waals surface area contributed by atoms with Crippen molar-refractivity contribution in [2.75, 3.05) is 45.3 Å². The molecule has 0 amide bonds. The molecule has 150 valence electrons. The highest BCUT2D eigenvalue weighted by atomic mass is 35.5. The number of hydrogen-bond donors (Lipinski definition) is 0. The summed E-state index contributed by atoms with van der Waals surface area (Å²) in [5.41, 5.74) is 1.19. The maximum Gasteiger partial charge on any atom is 0.318 e. The Bertz CT molecular complexity index is 793. The second-order valence-electron chi connectivity index (χ2n) is 7.60. The molecule has 0 bridgehead atoms. The number of rotatable bonds is 7. The largest absolute Gasteiger partial charge is 0.467 e. The summed E-state index contributed by atoms with van der Waals surface area (Å²) in [5, 5.41) is 0.836. The number of anilines is 1. The molecule has 0 radical (unpaired) electrons. The van der Waals surface area contributed by atoms with Gasteiger partial charge in [-0.1, -0.05) is 29.8 Å². The van der Waals surface area contributed by atoms with Crippen molar-refractivity contribution in [2.24, 2.45) is 5.92 Å². The van der Waals surface area contributed by atoms with Crippen LogP contribution in [-0.4, -0.2) is 61.4 Å². The molecule has 1 aromatic carbocycles. The van der Waals surface area contributed by atoms with Gasteiger partial charge >= 0.3 is 6.01 Å². The van der Waals surface area contributed by atoms with Crippen LogP contribution in [0.25, 0.3) is 0 Å². The number of likely N-dealkylation sites (tertiary alicyclic amines) is 1. The monoisotopic (exact) mass is 402 g/mol. The molecule has 0 aliphatic carbocycles. The molecule has 2 unspecified atom stereocenters. The first-order valence-electron chi connectivity index (χ1n) is 9.84. The Hall–Kier alpha value is -1.89. The second kappa shape index (κ2) is 8.64. The number of hydrogen-bond acceptors (Lipinski definition) is 6. The third-order valence-corrected chi connectivity index (χ3v) is 6.05. The van der Waals surface area contributed by atoms with Gasteiger partial charge in [0.05, 0.1) is 19.8 Å². The van der Waals surface area contributed by atoms with Crippen LogP contribution in [-0.2, 0) is 4.74 Å². The van der Waals surface area contributed by atoms with E-state index in [4.69, 9.17) is 21.1 Å². The van der Waals surface area contributed by atoms with Crippen LogP contribution in [0, 0.1) is 5.92 Å². The van der Waals surface area contributed by atoms with E-state index in [0.717, 1.165) is 49.9 Å². The van der Waals surface area contributed by atoms with Crippen molar-refractivity contribution in [2.45, 2.75) is 25.0 Å². The van der Waals surface area contributed by atoms with Crippen LogP contribution in [0.15, 0.2) is 36.5 Å². The molecular formula is C21H27ClN4O2. The third-order valence-electron chi connectivity index (χ3n) is 5.70. The molecule has 28 heavy (non-hydrogen) atoms. The molecule has 2 saturated heterocycles. The first-order valence-corrected chi connectivity index (χ1v) is 10.2. The minimum Gasteiger partial charge on any atom is -0.467 e. The number of methoxy groups -OCH3 is 1. The normalized spacial score (nSPS) is 21.3. The van der Waals surface area contributed by atoms with Crippen molar-refractivity contribution in [1.29, 1.82) is 0 Å². The Morgan fingerprint density at radius 1 is 1.29 bits per heavy atom. The van der Waals surface area contributed by atoms with Gasteiger partial charge in [0.15, 0.2) is 0 Å². The standard InChI is InChI=1S/C21H27ClN4O2/c1-25(19-7-10-23-21(24-19)27-2)13-15-8-11-26(12-9-15)20(18-14-28-18)16-5-3-4-6-17(16)22/h3-7,10,15,18,20H,8-9,11-14H2,1-2H3. The summed E-state index contributed by atoms with van der Waals surface area (Å²) in [5.74, 6) is 1.53. The summed E-state index contributed by atoms with van der Waals surface area (Å²) in [6.45, 7) is 3.92. The van der Waals surface area contributed by atoms with Gasteiger partial charge in [0.25, 0.3) is 0 Å². The van der Waals surface area contributed by atoms with Crippen molar-refractivity contribution < 1.29 is 9.47 Å². The number of benzene rings is 1. The number of halogens is 1. The van der Waals surface area contributed by atoms with Crippen LogP contribution in [0.1, 0.15) is 24.4 Å². The molecule has 0 spiro atoms. The lowest BCUT2D eigenvalue weighted by molar-refractivity contribution is 0.112. The fourth-order valence-electron chi connectivity index (χ4n) is 4.12. The van der Waals surface area contributed by atoms with Crippen LogP contribution >= 0.6 is 11.6 Å². The van der Waals surface area contributed by atoms with Crippen LogP contribution in [0.4, 0.5) is 5.82 Å². The highest BCUT2D eigenvalue weighted by Crippen LogP contribution is 2.38. The summed E-state index contributed by atoms with van der Waals surface area (Å²) in [6, 6.07) is 10.8. The maximum atomic E-state index is 6.49. The summed E-state index contributed by atoms with van der Waals surface area (Å²) in [7, 11) is 3.67. The van der Waals surface area contributed by atoms with Crippen molar-refractivity contribution >= 4 is 17.4 Å². The van der Waals surface area contributed by atoms with Crippen LogP contribution in [0.3, 0.4) is 0 Å². The number of aromatic nitrogens is 2. The lowest BCUT2D eigenvalue weighted by Crippen LogP contribution is -2.41. The molecule has 2 fully saturated rings. The average molecular weight is 403 g/mol. The molecule has 0 saturated carbocycles. The Labute approximate surface area is 171 Å². The Morgan fingerprint density at radius 2 is 2.04 bits per heavy atom. The van der Waals surface area contributed by atoms with Gasteiger partial charge in [0, 0.05) is 24.8 Å². The smallest absolute Gasteiger partial charge is 0.318 e. The molecule has 6 nitrogen and oxygen atoms in total. The van der Waals surface area contributed by atoms with Crippen molar-refractivity contribution in [1.82, 2.24) is 14.9 Å². The van der Waals surface area contributed by atoms with Gasteiger partial charge in [-0.05, 0) is 49.5 Å². The van der Waals surface area contributed by atoms with E-state index in [1.165, 1.54) is 5.56 Å². The zero-order chi connectivity index (χ0) is 19.5.